The Bertz CT molecular complexity index is 1130. The van der Waals surface area contributed by atoms with Crippen molar-refractivity contribution >= 4 is 5.97 Å². The van der Waals surface area contributed by atoms with E-state index < -0.39 is 11.9 Å². The average molecular weight is 464 g/mol. The first kappa shape index (κ1) is 24.4. The minimum Gasteiger partial charge on any atom is -0.481 e. The Morgan fingerprint density at radius 2 is 1.11 bits per heavy atom. The maximum absolute atomic E-state index is 11.8. The fourth-order valence-corrected chi connectivity index (χ4v) is 4.56. The zero-order valence-electron chi connectivity index (χ0n) is 20.3. The Morgan fingerprint density at radius 3 is 1.60 bits per heavy atom. The van der Waals surface area contributed by atoms with E-state index in [0.29, 0.717) is 6.42 Å². The number of carbonyl (C=O) groups is 1. The topological polar surface area (TPSA) is 40.5 Å². The molecule has 3 heteroatoms. The maximum atomic E-state index is 11.8. The fraction of sp³-hybridized carbons (Fsp3) is 0.219. The van der Waals surface area contributed by atoms with Crippen molar-refractivity contribution in [3.8, 4) is 11.1 Å². The van der Waals surface area contributed by atoms with Crippen LogP contribution < -0.4 is 0 Å². The van der Waals surface area contributed by atoms with Gasteiger partial charge in [-0.3, -0.25) is 9.69 Å². The van der Waals surface area contributed by atoms with Crippen LogP contribution in [-0.2, 0) is 24.3 Å². The predicted octanol–water partition coefficient (Wildman–Crippen LogP) is 7.08. The van der Waals surface area contributed by atoms with Crippen LogP contribution in [0, 0.1) is 5.92 Å². The van der Waals surface area contributed by atoms with Gasteiger partial charge in [0.2, 0.25) is 0 Å². The molecule has 0 amide bonds. The van der Waals surface area contributed by atoms with Crippen LogP contribution in [0.2, 0.25) is 0 Å². The van der Waals surface area contributed by atoms with Crippen molar-refractivity contribution in [1.82, 2.24) is 4.90 Å². The van der Waals surface area contributed by atoms with Crippen LogP contribution >= 0.6 is 0 Å². The monoisotopic (exact) mass is 463 g/mol. The number of hydrogen-bond acceptors (Lipinski definition) is 2. The van der Waals surface area contributed by atoms with Crippen LogP contribution in [0.5, 0.6) is 0 Å². The molecule has 0 aromatic heterocycles. The summed E-state index contributed by atoms with van der Waals surface area (Å²) in [5.41, 5.74) is 6.07. The first-order valence-electron chi connectivity index (χ1n) is 12.3. The van der Waals surface area contributed by atoms with Gasteiger partial charge in [0.05, 0.1) is 5.92 Å². The van der Waals surface area contributed by atoms with Gasteiger partial charge in [-0.25, -0.2) is 0 Å². The zero-order chi connectivity index (χ0) is 24.5. The van der Waals surface area contributed by atoms with Gasteiger partial charge in [-0.05, 0) is 40.7 Å². The molecule has 0 fully saturated rings. The molecule has 0 saturated heterocycles. The standard InChI is InChI=1S/C32H33NO2/c1-25(32(34)35)21-31(22-26-17-19-30(20-18-26)29-15-9-4-10-16-29)33(23-27-11-5-2-6-12-27)24-28-13-7-3-8-14-28/h2-20,25,31H,21-24H2,1H3,(H,34,35)/t25-,31?/m1/s1. The van der Waals surface area contributed by atoms with Gasteiger partial charge < -0.3 is 5.11 Å². The molecule has 4 aromatic carbocycles. The molecule has 0 aliphatic carbocycles. The summed E-state index contributed by atoms with van der Waals surface area (Å²) >= 11 is 0. The highest BCUT2D eigenvalue weighted by molar-refractivity contribution is 5.69. The van der Waals surface area contributed by atoms with Crippen molar-refractivity contribution in [3.63, 3.8) is 0 Å². The van der Waals surface area contributed by atoms with E-state index in [1.165, 1.54) is 27.8 Å². The number of rotatable bonds is 11. The summed E-state index contributed by atoms with van der Waals surface area (Å²) in [6.45, 7) is 3.36. The Balaban J connectivity index is 1.61. The molecule has 0 spiro atoms. The maximum Gasteiger partial charge on any atom is 0.306 e. The third-order valence-corrected chi connectivity index (χ3v) is 6.55. The molecule has 0 bridgehead atoms. The largest absolute Gasteiger partial charge is 0.481 e. The molecule has 2 atom stereocenters. The van der Waals surface area contributed by atoms with Crippen molar-refractivity contribution in [2.24, 2.45) is 5.92 Å². The van der Waals surface area contributed by atoms with Gasteiger partial charge in [-0.1, -0.05) is 122 Å². The van der Waals surface area contributed by atoms with E-state index in [2.05, 4.69) is 102 Å². The molecular formula is C32H33NO2. The summed E-state index contributed by atoms with van der Waals surface area (Å²) in [6, 6.07) is 40.0. The molecule has 0 saturated carbocycles. The highest BCUT2D eigenvalue weighted by Gasteiger charge is 2.25. The van der Waals surface area contributed by atoms with Crippen molar-refractivity contribution in [1.29, 1.82) is 0 Å². The van der Waals surface area contributed by atoms with Gasteiger partial charge in [0, 0.05) is 19.1 Å². The van der Waals surface area contributed by atoms with E-state index >= 15 is 0 Å². The molecule has 1 N–H and O–H groups in total. The third-order valence-electron chi connectivity index (χ3n) is 6.55. The lowest BCUT2D eigenvalue weighted by atomic mass is 9.93. The molecule has 1 unspecified atom stereocenters. The summed E-state index contributed by atoms with van der Waals surface area (Å²) < 4.78 is 0. The highest BCUT2D eigenvalue weighted by Crippen LogP contribution is 2.24. The van der Waals surface area contributed by atoms with Gasteiger partial charge in [0.25, 0.3) is 0 Å². The summed E-state index contributed by atoms with van der Waals surface area (Å²) in [4.78, 5) is 14.2. The van der Waals surface area contributed by atoms with Crippen LogP contribution in [-0.4, -0.2) is 22.0 Å². The smallest absolute Gasteiger partial charge is 0.306 e. The van der Waals surface area contributed by atoms with Gasteiger partial charge >= 0.3 is 5.97 Å². The van der Waals surface area contributed by atoms with Crippen molar-refractivity contribution in [3.05, 3.63) is 132 Å². The van der Waals surface area contributed by atoms with Crippen molar-refractivity contribution < 1.29 is 9.90 Å². The summed E-state index contributed by atoms with van der Waals surface area (Å²) in [7, 11) is 0. The van der Waals surface area contributed by atoms with Crippen LogP contribution in [0.1, 0.15) is 30.0 Å². The SMILES string of the molecule is C[C@H](CC(Cc1ccc(-c2ccccc2)cc1)N(Cc1ccccc1)Cc1ccccc1)C(=O)O. The number of hydrogen-bond donors (Lipinski definition) is 1. The second-order valence-electron chi connectivity index (χ2n) is 9.27. The van der Waals surface area contributed by atoms with Crippen molar-refractivity contribution in [2.45, 2.75) is 38.9 Å². The third kappa shape index (κ3) is 7.14. The second kappa shape index (κ2) is 12.1. The summed E-state index contributed by atoms with van der Waals surface area (Å²) in [5, 5.41) is 9.70. The first-order chi connectivity index (χ1) is 17.1. The Hall–Kier alpha value is -3.69. The van der Waals surface area contributed by atoms with E-state index in [4.69, 9.17) is 0 Å². The van der Waals surface area contributed by atoms with E-state index in [1.807, 2.05) is 25.1 Å². The molecule has 0 aliphatic heterocycles. The van der Waals surface area contributed by atoms with Crippen LogP contribution in [0.3, 0.4) is 0 Å². The van der Waals surface area contributed by atoms with Crippen LogP contribution in [0.25, 0.3) is 11.1 Å². The van der Waals surface area contributed by atoms with E-state index in [9.17, 15) is 9.90 Å². The minimum atomic E-state index is -0.742. The molecule has 3 nitrogen and oxygen atoms in total. The number of carboxylic acids is 1. The number of nitrogens with zero attached hydrogens (tertiary/aromatic N) is 1. The van der Waals surface area contributed by atoms with Gasteiger partial charge in [-0.2, -0.15) is 0 Å². The molecule has 4 aromatic rings. The molecule has 4 rings (SSSR count). The molecule has 178 valence electrons. The lowest BCUT2D eigenvalue weighted by Gasteiger charge is -2.33. The van der Waals surface area contributed by atoms with E-state index in [1.54, 1.807) is 0 Å². The zero-order valence-corrected chi connectivity index (χ0v) is 20.3. The Kier molecular flexibility index (Phi) is 8.48. The predicted molar refractivity (Wildman–Crippen MR) is 143 cm³/mol. The molecule has 0 radical (unpaired) electrons. The lowest BCUT2D eigenvalue weighted by molar-refractivity contribution is -0.141. The van der Waals surface area contributed by atoms with Gasteiger partial charge in [0.1, 0.15) is 0 Å². The lowest BCUT2D eigenvalue weighted by Crippen LogP contribution is -2.38. The molecule has 0 aliphatic rings. The first-order valence-corrected chi connectivity index (χ1v) is 12.3. The van der Waals surface area contributed by atoms with E-state index in [0.717, 1.165) is 19.5 Å². The Morgan fingerprint density at radius 1 is 0.657 bits per heavy atom. The molecule has 0 heterocycles. The summed E-state index contributed by atoms with van der Waals surface area (Å²) in [5.74, 6) is -1.16. The average Bonchev–Trinajstić information content (AvgIpc) is 2.90. The van der Waals surface area contributed by atoms with Crippen LogP contribution in [0.15, 0.2) is 115 Å². The number of carboxylic acid groups (broad SMARTS) is 1. The molecule has 35 heavy (non-hydrogen) atoms. The quantitative estimate of drug-likeness (QED) is 0.258. The van der Waals surface area contributed by atoms with Gasteiger partial charge in [0.15, 0.2) is 0 Å². The Labute approximate surface area is 208 Å². The summed E-state index contributed by atoms with van der Waals surface area (Å²) in [6.07, 6.45) is 1.39. The fourth-order valence-electron chi connectivity index (χ4n) is 4.56. The normalized spacial score (nSPS) is 12.9. The van der Waals surface area contributed by atoms with Crippen LogP contribution in [0.4, 0.5) is 0 Å². The second-order valence-corrected chi connectivity index (χ2v) is 9.27. The number of aliphatic carboxylic acids is 1. The minimum absolute atomic E-state index is 0.0871. The number of benzene rings is 4. The highest BCUT2D eigenvalue weighted by atomic mass is 16.4. The molecular weight excluding hydrogens is 430 g/mol. The van der Waals surface area contributed by atoms with E-state index in [-0.39, 0.29) is 6.04 Å². The van der Waals surface area contributed by atoms with Crippen molar-refractivity contribution in [2.75, 3.05) is 0 Å². The van der Waals surface area contributed by atoms with Gasteiger partial charge in [-0.15, -0.1) is 0 Å².